The predicted molar refractivity (Wildman–Crippen MR) is 120 cm³/mol. The van der Waals surface area contributed by atoms with Crippen LogP contribution < -0.4 is 0 Å². The SMILES string of the molecule is CC(C)(C)CC1CCCC1.CC(C)(C)CCC1CC1.CC(C)CC1CC1. The maximum atomic E-state index is 2.35. The van der Waals surface area contributed by atoms with Crippen molar-refractivity contribution in [2.75, 3.05) is 0 Å². The summed E-state index contributed by atoms with van der Waals surface area (Å²) < 4.78 is 0. The lowest BCUT2D eigenvalue weighted by Crippen LogP contribution is -2.10. The van der Waals surface area contributed by atoms with Crippen LogP contribution in [0, 0.1) is 34.5 Å². The van der Waals surface area contributed by atoms with E-state index in [1.807, 2.05) is 0 Å². The Morgan fingerprint density at radius 2 is 1.15 bits per heavy atom. The van der Waals surface area contributed by atoms with Gasteiger partial charge in [0.1, 0.15) is 0 Å². The Labute approximate surface area is 167 Å². The van der Waals surface area contributed by atoms with E-state index < -0.39 is 0 Å². The largest absolute Gasteiger partial charge is 0.0628 e. The van der Waals surface area contributed by atoms with E-state index in [0.29, 0.717) is 10.8 Å². The molecule has 0 amide bonds. The Balaban J connectivity index is 0.000000198. The van der Waals surface area contributed by atoms with E-state index >= 15 is 0 Å². The summed E-state index contributed by atoms with van der Waals surface area (Å²) in [5.74, 6) is 4.23. The van der Waals surface area contributed by atoms with Crippen molar-refractivity contribution in [1.29, 1.82) is 0 Å². The molecule has 0 unspecified atom stereocenters. The molecule has 0 saturated heterocycles. The average Bonchev–Trinajstić information content (AvgIpc) is 3.38. The summed E-state index contributed by atoms with van der Waals surface area (Å²) in [6.45, 7) is 18.7. The van der Waals surface area contributed by atoms with E-state index in [0.717, 1.165) is 23.7 Å². The summed E-state index contributed by atoms with van der Waals surface area (Å²) >= 11 is 0. The molecule has 0 aromatic rings. The first-order valence-corrected chi connectivity index (χ1v) is 11.9. The Morgan fingerprint density at radius 3 is 1.46 bits per heavy atom. The normalized spacial score (nSPS) is 21.1. The minimum atomic E-state index is 0.564. The van der Waals surface area contributed by atoms with Crippen molar-refractivity contribution in [2.24, 2.45) is 34.5 Å². The van der Waals surface area contributed by atoms with Crippen LogP contribution in [0.5, 0.6) is 0 Å². The van der Waals surface area contributed by atoms with Crippen molar-refractivity contribution in [3.8, 4) is 0 Å². The first kappa shape index (κ1) is 24.0. The van der Waals surface area contributed by atoms with Gasteiger partial charge in [-0.15, -0.1) is 0 Å². The van der Waals surface area contributed by atoms with Crippen LogP contribution in [0.4, 0.5) is 0 Å². The highest BCUT2D eigenvalue weighted by Gasteiger charge is 2.23. The molecule has 0 N–H and O–H groups in total. The second-order valence-corrected chi connectivity index (χ2v) is 12.5. The van der Waals surface area contributed by atoms with Crippen molar-refractivity contribution >= 4 is 0 Å². The fraction of sp³-hybridized carbons (Fsp3) is 1.00. The fourth-order valence-electron chi connectivity index (χ4n) is 4.14. The van der Waals surface area contributed by atoms with Crippen LogP contribution in [0.2, 0.25) is 0 Å². The van der Waals surface area contributed by atoms with Crippen LogP contribution >= 0.6 is 0 Å². The minimum Gasteiger partial charge on any atom is -0.0628 e. The molecule has 3 aliphatic carbocycles. The van der Waals surface area contributed by atoms with Gasteiger partial charge in [0.05, 0.1) is 0 Å². The van der Waals surface area contributed by atoms with E-state index in [4.69, 9.17) is 0 Å². The molecule has 26 heavy (non-hydrogen) atoms. The molecule has 0 aliphatic heterocycles. The zero-order chi connectivity index (χ0) is 19.8. The minimum absolute atomic E-state index is 0.564. The van der Waals surface area contributed by atoms with Crippen molar-refractivity contribution in [2.45, 2.75) is 132 Å². The third kappa shape index (κ3) is 16.2. The van der Waals surface area contributed by atoms with Crippen LogP contribution in [0.25, 0.3) is 0 Å². The van der Waals surface area contributed by atoms with Crippen molar-refractivity contribution in [1.82, 2.24) is 0 Å². The van der Waals surface area contributed by atoms with Crippen LogP contribution in [-0.4, -0.2) is 0 Å². The maximum absolute atomic E-state index is 2.35. The summed E-state index contributed by atoms with van der Waals surface area (Å²) in [6, 6.07) is 0. The molecule has 0 aromatic carbocycles. The Bertz CT molecular complexity index is 337. The van der Waals surface area contributed by atoms with Gasteiger partial charge in [-0.05, 0) is 60.2 Å². The summed E-state index contributed by atoms with van der Waals surface area (Å²) in [6.07, 6.45) is 17.8. The molecular weight excluding hydrogens is 312 g/mol. The standard InChI is InChI=1S/C10H20.C9H18.C7H14/c1-10(2,3)8-9-6-4-5-7-9;1-9(2,3)7-6-8-4-5-8;1-6(2)5-7-3-4-7/h9H,4-8H2,1-3H3;8H,4-7H2,1-3H3;6-7H,3-5H2,1-2H3. The molecule has 0 heteroatoms. The molecule has 156 valence electrons. The van der Waals surface area contributed by atoms with Crippen LogP contribution in [0.1, 0.15) is 132 Å². The van der Waals surface area contributed by atoms with Gasteiger partial charge in [-0.2, -0.15) is 0 Å². The molecule has 3 rings (SSSR count). The molecule has 3 saturated carbocycles. The van der Waals surface area contributed by atoms with Gasteiger partial charge in [-0.25, -0.2) is 0 Å². The molecule has 0 aromatic heterocycles. The molecule has 3 fully saturated rings. The number of hydrogen-bond acceptors (Lipinski definition) is 0. The molecule has 0 spiro atoms. The summed E-state index contributed by atoms with van der Waals surface area (Å²) in [7, 11) is 0. The third-order valence-corrected chi connectivity index (χ3v) is 5.88. The van der Waals surface area contributed by atoms with Crippen molar-refractivity contribution in [3.05, 3.63) is 0 Å². The maximum Gasteiger partial charge on any atom is -0.0380 e. The molecule has 0 nitrogen and oxygen atoms in total. The zero-order valence-electron chi connectivity index (χ0n) is 19.8. The van der Waals surface area contributed by atoms with Gasteiger partial charge in [-0.3, -0.25) is 0 Å². The van der Waals surface area contributed by atoms with Crippen LogP contribution in [0.3, 0.4) is 0 Å². The van der Waals surface area contributed by atoms with Gasteiger partial charge in [0.2, 0.25) is 0 Å². The van der Waals surface area contributed by atoms with Gasteiger partial charge < -0.3 is 0 Å². The first-order chi connectivity index (χ1) is 11.9. The van der Waals surface area contributed by atoms with E-state index in [9.17, 15) is 0 Å². The zero-order valence-corrected chi connectivity index (χ0v) is 19.8. The average molecular weight is 365 g/mol. The summed E-state index contributed by atoms with van der Waals surface area (Å²) in [5, 5.41) is 0. The smallest absolute Gasteiger partial charge is 0.0380 e. The quantitative estimate of drug-likeness (QED) is 0.456. The number of hydrogen-bond donors (Lipinski definition) is 0. The Morgan fingerprint density at radius 1 is 0.654 bits per heavy atom. The van der Waals surface area contributed by atoms with Gasteiger partial charge in [0.15, 0.2) is 0 Å². The Kier molecular flexibility index (Phi) is 10.3. The van der Waals surface area contributed by atoms with Gasteiger partial charge in [-0.1, -0.05) is 107 Å². The molecule has 0 bridgehead atoms. The lowest BCUT2D eigenvalue weighted by molar-refractivity contribution is 0.297. The Hall–Kier alpha value is 0. The lowest BCUT2D eigenvalue weighted by Gasteiger charge is -2.22. The summed E-state index contributed by atoms with van der Waals surface area (Å²) in [4.78, 5) is 0. The summed E-state index contributed by atoms with van der Waals surface area (Å²) in [5.41, 5.74) is 1.14. The molecule has 0 heterocycles. The van der Waals surface area contributed by atoms with Gasteiger partial charge in [0, 0.05) is 0 Å². The van der Waals surface area contributed by atoms with Gasteiger partial charge in [0.25, 0.3) is 0 Å². The monoisotopic (exact) mass is 364 g/mol. The van der Waals surface area contributed by atoms with Crippen molar-refractivity contribution in [3.63, 3.8) is 0 Å². The second kappa shape index (κ2) is 11.1. The molecular formula is C26H52. The van der Waals surface area contributed by atoms with Gasteiger partial charge >= 0.3 is 0 Å². The highest BCUT2D eigenvalue weighted by Crippen LogP contribution is 2.37. The van der Waals surface area contributed by atoms with Crippen LogP contribution in [-0.2, 0) is 0 Å². The van der Waals surface area contributed by atoms with Crippen LogP contribution in [0.15, 0.2) is 0 Å². The lowest BCUT2D eigenvalue weighted by atomic mass is 9.84. The highest BCUT2D eigenvalue weighted by atomic mass is 14.3. The number of rotatable bonds is 5. The van der Waals surface area contributed by atoms with E-state index in [2.05, 4.69) is 55.4 Å². The fourth-order valence-corrected chi connectivity index (χ4v) is 4.14. The topological polar surface area (TPSA) is 0 Å². The molecule has 0 atom stereocenters. The second-order valence-electron chi connectivity index (χ2n) is 12.5. The van der Waals surface area contributed by atoms with Crippen molar-refractivity contribution < 1.29 is 0 Å². The third-order valence-electron chi connectivity index (χ3n) is 5.88. The molecule has 0 radical (unpaired) electrons. The van der Waals surface area contributed by atoms with E-state index in [-0.39, 0.29) is 0 Å². The van der Waals surface area contributed by atoms with E-state index in [1.165, 1.54) is 77.0 Å². The first-order valence-electron chi connectivity index (χ1n) is 11.9. The predicted octanol–water partition coefficient (Wildman–Crippen LogP) is 9.28. The molecule has 3 aliphatic rings. The van der Waals surface area contributed by atoms with E-state index in [1.54, 1.807) is 0 Å². The highest BCUT2D eigenvalue weighted by molar-refractivity contribution is 4.76.